The number of carbonyl (C=O) groups is 2. The number of methoxy groups -OCH3 is 2. The summed E-state index contributed by atoms with van der Waals surface area (Å²) >= 11 is 0. The third-order valence-electron chi connectivity index (χ3n) is 7.22. The minimum atomic E-state index is -1.14. The van der Waals surface area contributed by atoms with Crippen LogP contribution >= 0.6 is 0 Å². The molecule has 34 heavy (non-hydrogen) atoms. The fourth-order valence-corrected chi connectivity index (χ4v) is 5.36. The highest BCUT2D eigenvalue weighted by Gasteiger charge is 2.49. The molecule has 0 bridgehead atoms. The predicted molar refractivity (Wildman–Crippen MR) is 132 cm³/mol. The molecule has 2 heterocycles. The highest BCUT2D eigenvalue weighted by Crippen LogP contribution is 2.39. The molecule has 1 aliphatic heterocycles. The molecular formula is C27H31N3O4. The lowest BCUT2D eigenvalue weighted by Gasteiger charge is -2.44. The summed E-state index contributed by atoms with van der Waals surface area (Å²) in [5.41, 5.74) is 0.941. The molecule has 0 radical (unpaired) electrons. The Morgan fingerprint density at radius 3 is 2.35 bits per heavy atom. The van der Waals surface area contributed by atoms with Gasteiger partial charge in [-0.1, -0.05) is 37.5 Å². The van der Waals surface area contributed by atoms with Gasteiger partial charge in [-0.15, -0.1) is 0 Å². The average Bonchev–Trinajstić information content (AvgIpc) is 3.23. The van der Waals surface area contributed by atoms with Gasteiger partial charge in [-0.3, -0.25) is 14.5 Å². The Bertz CT molecular complexity index is 1220. The van der Waals surface area contributed by atoms with E-state index in [-0.39, 0.29) is 17.9 Å². The number of rotatable bonds is 5. The maximum Gasteiger partial charge on any atom is 0.275 e. The Balaban J connectivity index is 1.64. The molecule has 178 valence electrons. The van der Waals surface area contributed by atoms with E-state index in [1.165, 1.54) is 6.42 Å². The smallest absolute Gasteiger partial charge is 0.275 e. The lowest BCUT2D eigenvalue weighted by molar-refractivity contribution is -0.127. The van der Waals surface area contributed by atoms with Crippen LogP contribution in [0.1, 0.15) is 49.5 Å². The first-order valence-corrected chi connectivity index (χ1v) is 11.9. The SMILES string of the molecule is COc1cc(OC)cc(N2C(=O)c3cc4ccccc4n3CC2(C)C(=O)NC2CCCCC2)c1. The molecule has 1 aromatic heterocycles. The lowest BCUT2D eigenvalue weighted by atomic mass is 9.91. The van der Waals surface area contributed by atoms with Crippen molar-refractivity contribution in [3.63, 3.8) is 0 Å². The number of ether oxygens (including phenoxy) is 2. The Hall–Kier alpha value is -3.48. The standard InChI is InChI=1S/C27H31N3O4/c1-27(26(32)28-19-10-5-4-6-11-19)17-29-23-12-8-7-9-18(23)13-24(29)25(31)30(27)20-14-21(33-2)16-22(15-20)34-3/h7-9,12-16,19H,4-6,10-11,17H2,1-3H3,(H,28,32). The van der Waals surface area contributed by atoms with Gasteiger partial charge in [-0.25, -0.2) is 0 Å². The molecule has 2 aliphatic rings. The summed E-state index contributed by atoms with van der Waals surface area (Å²) in [6.07, 6.45) is 5.38. The summed E-state index contributed by atoms with van der Waals surface area (Å²) < 4.78 is 12.9. The number of nitrogens with one attached hydrogen (secondary N) is 1. The Kier molecular flexibility index (Phi) is 5.71. The molecule has 1 aliphatic carbocycles. The second-order valence-electron chi connectivity index (χ2n) is 9.47. The number of amides is 2. The van der Waals surface area contributed by atoms with Crippen LogP contribution < -0.4 is 19.7 Å². The van der Waals surface area contributed by atoms with Gasteiger partial charge in [0.15, 0.2) is 0 Å². The van der Waals surface area contributed by atoms with E-state index < -0.39 is 5.54 Å². The van der Waals surface area contributed by atoms with Crippen LogP contribution in [0.5, 0.6) is 11.5 Å². The topological polar surface area (TPSA) is 72.8 Å². The normalized spacial score (nSPS) is 20.8. The quantitative estimate of drug-likeness (QED) is 0.606. The number of fused-ring (bicyclic) bond motifs is 3. The summed E-state index contributed by atoms with van der Waals surface area (Å²) in [7, 11) is 3.15. The molecule has 7 nitrogen and oxygen atoms in total. The Morgan fingerprint density at radius 1 is 1.00 bits per heavy atom. The summed E-state index contributed by atoms with van der Waals surface area (Å²) in [4.78, 5) is 29.6. The van der Waals surface area contributed by atoms with Crippen LogP contribution in [0.2, 0.25) is 0 Å². The number of benzene rings is 2. The van der Waals surface area contributed by atoms with Crippen molar-refractivity contribution in [2.45, 2.75) is 57.2 Å². The van der Waals surface area contributed by atoms with Crippen LogP contribution in [0, 0.1) is 0 Å². The largest absolute Gasteiger partial charge is 0.497 e. The fraction of sp³-hybridized carbons (Fsp3) is 0.407. The zero-order valence-corrected chi connectivity index (χ0v) is 20.0. The molecule has 0 saturated heterocycles. The molecule has 1 saturated carbocycles. The minimum absolute atomic E-state index is 0.137. The molecule has 7 heteroatoms. The van der Waals surface area contributed by atoms with Crippen molar-refractivity contribution < 1.29 is 19.1 Å². The fourth-order valence-electron chi connectivity index (χ4n) is 5.36. The molecule has 1 N–H and O–H groups in total. The van der Waals surface area contributed by atoms with Crippen LogP contribution in [0.3, 0.4) is 0 Å². The summed E-state index contributed by atoms with van der Waals surface area (Å²) in [6, 6.07) is 15.3. The van der Waals surface area contributed by atoms with Gasteiger partial charge in [0.25, 0.3) is 5.91 Å². The maximum atomic E-state index is 14.0. The Morgan fingerprint density at radius 2 is 1.68 bits per heavy atom. The van der Waals surface area contributed by atoms with E-state index in [1.54, 1.807) is 37.3 Å². The first-order valence-electron chi connectivity index (χ1n) is 11.9. The van der Waals surface area contributed by atoms with Gasteiger partial charge in [0.1, 0.15) is 22.7 Å². The first-order chi connectivity index (χ1) is 16.4. The van der Waals surface area contributed by atoms with Crippen LogP contribution in [-0.2, 0) is 11.3 Å². The highest BCUT2D eigenvalue weighted by atomic mass is 16.5. The number of aromatic nitrogens is 1. The van der Waals surface area contributed by atoms with Crippen molar-refractivity contribution >= 4 is 28.4 Å². The van der Waals surface area contributed by atoms with Crippen LogP contribution in [-0.4, -0.2) is 42.2 Å². The number of para-hydroxylation sites is 1. The second kappa shape index (κ2) is 8.70. The van der Waals surface area contributed by atoms with E-state index in [0.717, 1.165) is 36.6 Å². The van der Waals surface area contributed by atoms with Gasteiger partial charge in [0.2, 0.25) is 5.91 Å². The summed E-state index contributed by atoms with van der Waals surface area (Å²) in [5, 5.41) is 4.25. The van der Waals surface area contributed by atoms with Crippen LogP contribution in [0.25, 0.3) is 10.9 Å². The van der Waals surface area contributed by atoms with Crippen molar-refractivity contribution in [2.24, 2.45) is 0 Å². The first kappa shape index (κ1) is 22.3. The number of nitrogens with zero attached hydrogens (tertiary/aromatic N) is 2. The predicted octanol–water partition coefficient (Wildman–Crippen LogP) is 4.53. The molecule has 1 fully saturated rings. The van der Waals surface area contributed by atoms with Crippen molar-refractivity contribution in [3.8, 4) is 11.5 Å². The van der Waals surface area contributed by atoms with Crippen molar-refractivity contribution in [1.82, 2.24) is 9.88 Å². The van der Waals surface area contributed by atoms with E-state index in [0.29, 0.717) is 29.4 Å². The maximum absolute atomic E-state index is 14.0. The molecule has 2 amide bonds. The molecule has 5 rings (SSSR count). The van der Waals surface area contributed by atoms with Gasteiger partial charge in [0.05, 0.1) is 26.5 Å². The van der Waals surface area contributed by atoms with Crippen molar-refractivity contribution in [2.75, 3.05) is 19.1 Å². The van der Waals surface area contributed by atoms with Crippen LogP contribution in [0.4, 0.5) is 5.69 Å². The lowest BCUT2D eigenvalue weighted by Crippen LogP contribution is -2.65. The number of anilines is 1. The van der Waals surface area contributed by atoms with Gasteiger partial charge < -0.3 is 19.4 Å². The number of hydrogen-bond acceptors (Lipinski definition) is 4. The van der Waals surface area contributed by atoms with Crippen molar-refractivity contribution in [1.29, 1.82) is 0 Å². The second-order valence-corrected chi connectivity index (χ2v) is 9.47. The molecule has 0 spiro atoms. The minimum Gasteiger partial charge on any atom is -0.497 e. The molecule has 1 unspecified atom stereocenters. The van der Waals surface area contributed by atoms with Crippen LogP contribution in [0.15, 0.2) is 48.5 Å². The summed E-state index contributed by atoms with van der Waals surface area (Å²) in [6.45, 7) is 2.20. The zero-order valence-electron chi connectivity index (χ0n) is 20.0. The third kappa shape index (κ3) is 3.69. The zero-order chi connectivity index (χ0) is 23.9. The number of hydrogen-bond donors (Lipinski definition) is 1. The molecule has 1 atom stereocenters. The van der Waals surface area contributed by atoms with E-state index in [2.05, 4.69) is 5.32 Å². The molecule has 2 aromatic carbocycles. The number of carbonyl (C=O) groups excluding carboxylic acids is 2. The van der Waals surface area contributed by atoms with Gasteiger partial charge in [-0.2, -0.15) is 0 Å². The average molecular weight is 462 g/mol. The summed E-state index contributed by atoms with van der Waals surface area (Å²) in [5.74, 6) is 0.753. The van der Waals surface area contributed by atoms with Gasteiger partial charge in [-0.05, 0) is 31.9 Å². The van der Waals surface area contributed by atoms with Crippen molar-refractivity contribution in [3.05, 3.63) is 54.2 Å². The molecule has 3 aromatic rings. The Labute approximate surface area is 199 Å². The van der Waals surface area contributed by atoms with E-state index in [1.807, 2.05) is 41.8 Å². The van der Waals surface area contributed by atoms with Gasteiger partial charge in [0, 0.05) is 35.1 Å². The monoisotopic (exact) mass is 461 g/mol. The molecular weight excluding hydrogens is 430 g/mol. The highest BCUT2D eigenvalue weighted by molar-refractivity contribution is 6.14. The van der Waals surface area contributed by atoms with E-state index in [9.17, 15) is 9.59 Å². The van der Waals surface area contributed by atoms with E-state index in [4.69, 9.17) is 9.47 Å². The third-order valence-corrected chi connectivity index (χ3v) is 7.22. The van der Waals surface area contributed by atoms with Gasteiger partial charge >= 0.3 is 0 Å². The van der Waals surface area contributed by atoms with E-state index >= 15 is 0 Å².